The summed E-state index contributed by atoms with van der Waals surface area (Å²) in [6.45, 7) is 3.20. The lowest BCUT2D eigenvalue weighted by molar-refractivity contribution is -0.117. The zero-order chi connectivity index (χ0) is 27.7. The smallest absolute Gasteiger partial charge is 0.357 e. The lowest BCUT2D eigenvalue weighted by atomic mass is 10.1. The summed E-state index contributed by atoms with van der Waals surface area (Å²) in [7, 11) is 0. The molecule has 11 nitrogen and oxygen atoms in total. The van der Waals surface area contributed by atoms with E-state index in [-0.39, 0.29) is 40.4 Å². The lowest BCUT2D eigenvalue weighted by Crippen LogP contribution is -2.31. The average Bonchev–Trinajstić information content (AvgIpc) is 3.49. The van der Waals surface area contributed by atoms with E-state index in [9.17, 15) is 24.3 Å². The molecule has 0 fully saturated rings. The highest BCUT2D eigenvalue weighted by molar-refractivity contribution is 7.17. The topological polar surface area (TPSA) is 146 Å². The van der Waals surface area contributed by atoms with Crippen molar-refractivity contribution in [3.05, 3.63) is 80.1 Å². The Morgan fingerprint density at radius 3 is 2.62 bits per heavy atom. The number of esters is 1. The molecule has 0 bridgehead atoms. The zero-order valence-corrected chi connectivity index (χ0v) is 21.8. The third-order valence-electron chi connectivity index (χ3n) is 6.14. The second-order valence-corrected chi connectivity index (χ2v) is 9.75. The van der Waals surface area contributed by atoms with Crippen LogP contribution in [0.3, 0.4) is 0 Å². The molecular weight excluding hydrogens is 526 g/mol. The molecule has 0 atom stereocenters. The third kappa shape index (κ3) is 5.06. The van der Waals surface area contributed by atoms with Gasteiger partial charge in [0, 0.05) is 16.7 Å². The summed E-state index contributed by atoms with van der Waals surface area (Å²) in [5.41, 5.74) is 0.840. The summed E-state index contributed by atoms with van der Waals surface area (Å²) in [6, 6.07) is 11.7. The fraction of sp³-hybridized carbons (Fsp3) is 0.222. The molecule has 1 aliphatic heterocycles. The number of carbonyl (C=O) groups is 3. The molecule has 1 amide bonds. The van der Waals surface area contributed by atoms with Crippen LogP contribution in [0.1, 0.15) is 43.8 Å². The molecule has 0 saturated carbocycles. The number of benzene rings is 2. The first-order valence-corrected chi connectivity index (χ1v) is 12.8. The molecule has 39 heavy (non-hydrogen) atoms. The lowest BCUT2D eigenvalue weighted by Gasteiger charge is -2.10. The number of nitrogens with one attached hydrogen (secondary N) is 1. The second-order valence-electron chi connectivity index (χ2n) is 8.65. The normalized spacial score (nSPS) is 11.9. The number of carbonyl (C=O) groups excluding carboxylic acids is 2. The van der Waals surface area contributed by atoms with E-state index >= 15 is 0 Å². The Morgan fingerprint density at radius 2 is 1.87 bits per heavy atom. The standard InChI is InChI=1S/C27H23N3O8S/c1-3-36-27(35)22-14(2)20(11-15-8-9-18-19(10-15)38-13-37-18)39-24(22)28-21(31)12-30-25(32)17-7-5-4-6-16(17)23(29-30)26(33)34/h4-10H,3,11-13H2,1-2H3,(H,28,31)(H,33,34). The van der Waals surface area contributed by atoms with Gasteiger partial charge in [-0.3, -0.25) is 9.59 Å². The largest absolute Gasteiger partial charge is 0.476 e. The van der Waals surface area contributed by atoms with Crippen LogP contribution in [-0.2, 0) is 22.5 Å². The molecule has 3 heterocycles. The monoisotopic (exact) mass is 549 g/mol. The molecule has 200 valence electrons. The van der Waals surface area contributed by atoms with E-state index in [0.717, 1.165) is 15.1 Å². The van der Waals surface area contributed by atoms with Crippen molar-refractivity contribution in [3.8, 4) is 11.5 Å². The molecule has 5 rings (SSSR count). The summed E-state index contributed by atoms with van der Waals surface area (Å²) in [6.07, 6.45) is 0.461. The highest BCUT2D eigenvalue weighted by Gasteiger charge is 2.25. The number of thiophene rings is 1. The maximum absolute atomic E-state index is 13.1. The first-order valence-electron chi connectivity index (χ1n) is 12.0. The Morgan fingerprint density at radius 1 is 1.13 bits per heavy atom. The first-order chi connectivity index (χ1) is 18.8. The number of ether oxygens (including phenoxy) is 3. The number of nitrogens with zero attached hydrogens (tertiary/aromatic N) is 2. The summed E-state index contributed by atoms with van der Waals surface area (Å²) >= 11 is 1.22. The number of anilines is 1. The quantitative estimate of drug-likeness (QED) is 0.315. The molecule has 2 N–H and O–H groups in total. The molecule has 0 saturated heterocycles. The van der Waals surface area contributed by atoms with Gasteiger partial charge in [-0.2, -0.15) is 5.10 Å². The number of aromatic carboxylic acids is 1. The van der Waals surface area contributed by atoms with Gasteiger partial charge in [0.05, 0.1) is 17.6 Å². The molecule has 2 aromatic carbocycles. The average molecular weight is 550 g/mol. The predicted molar refractivity (Wildman–Crippen MR) is 142 cm³/mol. The summed E-state index contributed by atoms with van der Waals surface area (Å²) < 4.78 is 16.9. The Hall–Kier alpha value is -4.71. The van der Waals surface area contributed by atoms with Gasteiger partial charge in [-0.05, 0) is 43.2 Å². The molecule has 0 radical (unpaired) electrons. The van der Waals surface area contributed by atoms with Crippen LogP contribution in [0.25, 0.3) is 10.8 Å². The van der Waals surface area contributed by atoms with E-state index in [2.05, 4.69) is 10.4 Å². The van der Waals surface area contributed by atoms with Crippen molar-refractivity contribution in [1.29, 1.82) is 0 Å². The highest BCUT2D eigenvalue weighted by Crippen LogP contribution is 2.37. The predicted octanol–water partition coefficient (Wildman–Crippen LogP) is 3.60. The third-order valence-corrected chi connectivity index (χ3v) is 7.35. The van der Waals surface area contributed by atoms with Gasteiger partial charge in [-0.25, -0.2) is 14.3 Å². The maximum Gasteiger partial charge on any atom is 0.357 e. The molecule has 0 spiro atoms. The molecular formula is C27H23N3O8S. The SMILES string of the molecule is CCOC(=O)c1c(NC(=O)Cn2nc(C(=O)O)c3ccccc3c2=O)sc(Cc2ccc3c(c2)OCO3)c1C. The number of amides is 1. The van der Waals surface area contributed by atoms with Gasteiger partial charge in [-0.15, -0.1) is 11.3 Å². The number of carboxylic acids is 1. The van der Waals surface area contributed by atoms with Crippen molar-refractivity contribution < 1.29 is 33.7 Å². The van der Waals surface area contributed by atoms with Crippen LogP contribution in [0.5, 0.6) is 11.5 Å². The van der Waals surface area contributed by atoms with Crippen LogP contribution in [0.15, 0.2) is 47.3 Å². The van der Waals surface area contributed by atoms with Crippen LogP contribution in [0, 0.1) is 6.92 Å². The summed E-state index contributed by atoms with van der Waals surface area (Å²) in [5.74, 6) is -1.28. The first kappa shape index (κ1) is 25.9. The number of hydrogen-bond acceptors (Lipinski definition) is 9. The Labute approximate surface area is 225 Å². The molecule has 4 aromatic rings. The van der Waals surface area contributed by atoms with E-state index in [1.807, 2.05) is 18.2 Å². The minimum atomic E-state index is -1.33. The van der Waals surface area contributed by atoms with Gasteiger partial charge in [0.15, 0.2) is 17.2 Å². The van der Waals surface area contributed by atoms with Crippen molar-refractivity contribution in [1.82, 2.24) is 9.78 Å². The van der Waals surface area contributed by atoms with Crippen molar-refractivity contribution >= 4 is 45.0 Å². The fourth-order valence-electron chi connectivity index (χ4n) is 4.30. The highest BCUT2D eigenvalue weighted by atomic mass is 32.1. The minimum Gasteiger partial charge on any atom is -0.476 e. The van der Waals surface area contributed by atoms with Gasteiger partial charge in [-0.1, -0.05) is 24.3 Å². The Kier molecular flexibility index (Phi) is 7.03. The zero-order valence-electron chi connectivity index (χ0n) is 21.0. The van der Waals surface area contributed by atoms with Gasteiger partial charge in [0.2, 0.25) is 12.7 Å². The van der Waals surface area contributed by atoms with E-state index < -0.39 is 29.9 Å². The van der Waals surface area contributed by atoms with Gasteiger partial charge in [0.25, 0.3) is 5.56 Å². The number of hydrogen-bond donors (Lipinski definition) is 2. The van der Waals surface area contributed by atoms with E-state index in [4.69, 9.17) is 14.2 Å². The van der Waals surface area contributed by atoms with Crippen molar-refractivity contribution in [2.45, 2.75) is 26.8 Å². The number of carboxylic acid groups (broad SMARTS) is 1. The molecule has 12 heteroatoms. The van der Waals surface area contributed by atoms with Crippen LogP contribution < -0.4 is 20.3 Å². The van der Waals surface area contributed by atoms with Crippen LogP contribution in [0.4, 0.5) is 5.00 Å². The second kappa shape index (κ2) is 10.6. The Bertz CT molecular complexity index is 1690. The van der Waals surface area contributed by atoms with Crippen LogP contribution in [-0.4, -0.2) is 46.1 Å². The fourth-order valence-corrected chi connectivity index (χ4v) is 5.55. The van der Waals surface area contributed by atoms with Crippen molar-refractivity contribution in [2.75, 3.05) is 18.7 Å². The molecule has 0 aliphatic carbocycles. The summed E-state index contributed by atoms with van der Waals surface area (Å²) in [4.78, 5) is 51.4. The summed E-state index contributed by atoms with van der Waals surface area (Å²) in [5, 5.41) is 16.8. The Balaban J connectivity index is 1.45. The minimum absolute atomic E-state index is 0.128. The molecule has 2 aromatic heterocycles. The van der Waals surface area contributed by atoms with Gasteiger partial charge in [0.1, 0.15) is 11.5 Å². The van der Waals surface area contributed by atoms with Gasteiger partial charge < -0.3 is 24.6 Å². The van der Waals surface area contributed by atoms with Crippen LogP contribution in [0.2, 0.25) is 0 Å². The van der Waals surface area contributed by atoms with E-state index in [1.54, 1.807) is 26.0 Å². The number of aromatic nitrogens is 2. The van der Waals surface area contributed by atoms with E-state index in [1.165, 1.54) is 23.5 Å². The van der Waals surface area contributed by atoms with Crippen LogP contribution >= 0.6 is 11.3 Å². The van der Waals surface area contributed by atoms with Gasteiger partial charge >= 0.3 is 11.9 Å². The number of rotatable bonds is 8. The maximum atomic E-state index is 13.1. The molecule has 1 aliphatic rings. The van der Waals surface area contributed by atoms with Crippen molar-refractivity contribution in [3.63, 3.8) is 0 Å². The number of fused-ring (bicyclic) bond motifs is 2. The molecule has 0 unspecified atom stereocenters. The van der Waals surface area contributed by atoms with E-state index in [0.29, 0.717) is 23.5 Å². The van der Waals surface area contributed by atoms with Crippen molar-refractivity contribution in [2.24, 2.45) is 0 Å².